The standard InChI is InChI=1S/C24H22Cl2F4N4O2.C23H21Cl2F4N5O2.C14H17Cl2FN2O2.C9H5ClF3N3/c1-14-11-32(19-10-20(36-2)16(25)9-17(19)27)7-8-34(14)21(35)13-33-12-15(18-5-3-4-6-31-18)22(26)23(33)24(28,29)30;1-13-11-32(17-10-18(36-2)14(24)9-15(17)26)7-8-33(13)19(35)12-34-21(16-5-3-4-6-30-16)20(25)22(31-34)23(27,28)29;1-9-8-18(3-4-19(9)14(20)7-15)12-6-13(21-2)10(16)5-11(12)17;10-6-7(5-3-1-2-4-14-5)15-16-8(6)9(11,12)13/h3-6,9-10,12,14H,7-8,11,13H2,1-2H3;3-6,9-10,13H,7-8,11-12H2,1-2H3;5-6,9H,3-4,7-8H2,1-2H3;1-4H,(H,15,16)/t14-;13-;9-;/m000./s1. The number of rotatable bonds is 14. The molecule has 12 rings (SSSR count). The highest BCUT2D eigenvalue weighted by Crippen LogP contribution is 2.44. The van der Waals surface area contributed by atoms with E-state index >= 15 is 0 Å². The molecule has 3 amide bonds. The van der Waals surface area contributed by atoms with E-state index in [0.29, 0.717) is 54.8 Å². The molecule has 0 spiro atoms. The van der Waals surface area contributed by atoms with Gasteiger partial charge in [0.2, 0.25) is 17.7 Å². The second kappa shape index (κ2) is 35.9. The maximum Gasteiger partial charge on any atom is 0.436 e. The number of benzene rings is 3. The molecule has 0 radical (unpaired) electrons. The summed E-state index contributed by atoms with van der Waals surface area (Å²) in [6.07, 6.45) is -8.63. The molecule has 0 unspecified atom stereocenters. The molecule has 39 heteroatoms. The monoisotopic (exact) mass is 1670 g/mol. The minimum absolute atomic E-state index is 0.00501. The molecule has 3 saturated heterocycles. The summed E-state index contributed by atoms with van der Waals surface area (Å²) in [5, 5.41) is 7.89. The number of alkyl halides is 10. The Morgan fingerprint density at radius 3 is 1.27 bits per heavy atom. The van der Waals surface area contributed by atoms with E-state index in [1.54, 1.807) is 77.1 Å². The summed E-state index contributed by atoms with van der Waals surface area (Å²) in [4.78, 5) is 60.1. The number of hydrogen-bond acceptors (Lipinski definition) is 14. The Labute approximate surface area is 650 Å². The topological polar surface area (TPSA) is 188 Å². The number of piperazine rings is 3. The molecule has 3 fully saturated rings. The van der Waals surface area contributed by atoms with Gasteiger partial charge in [0.1, 0.15) is 80.8 Å². The summed E-state index contributed by atoms with van der Waals surface area (Å²) < 4.78 is 180. The number of carbonyl (C=O) groups excluding carboxylic acids is 3. The Morgan fingerprint density at radius 1 is 0.505 bits per heavy atom. The van der Waals surface area contributed by atoms with E-state index in [2.05, 4.69) is 25.1 Å². The molecule has 109 heavy (non-hydrogen) atoms. The molecule has 0 bridgehead atoms. The van der Waals surface area contributed by atoms with Gasteiger partial charge < -0.3 is 48.2 Å². The average Bonchev–Trinajstić information content (AvgIpc) is 1.69. The third-order valence-electron chi connectivity index (χ3n) is 17.4. The number of amides is 3. The molecule has 20 nitrogen and oxygen atoms in total. The Kier molecular flexibility index (Phi) is 27.8. The van der Waals surface area contributed by atoms with Gasteiger partial charge in [-0.15, -0.1) is 11.6 Å². The average molecular weight is 1670 g/mol. The molecular formula is C70H65Cl7F12N14O6. The second-order valence-electron chi connectivity index (χ2n) is 24.5. The molecule has 9 aromatic rings. The lowest BCUT2D eigenvalue weighted by Gasteiger charge is -2.41. The van der Waals surface area contributed by atoms with E-state index in [4.69, 9.17) is 95.4 Å². The molecule has 3 atom stereocenters. The maximum atomic E-state index is 14.6. The summed E-state index contributed by atoms with van der Waals surface area (Å²) in [6, 6.07) is 21.6. The highest BCUT2D eigenvalue weighted by Gasteiger charge is 2.43. The van der Waals surface area contributed by atoms with Crippen LogP contribution in [-0.4, -0.2) is 176 Å². The lowest BCUT2D eigenvalue weighted by atomic mass is 10.1. The van der Waals surface area contributed by atoms with E-state index in [9.17, 15) is 67.1 Å². The van der Waals surface area contributed by atoms with Crippen molar-refractivity contribution >= 4 is 116 Å². The van der Waals surface area contributed by atoms with Crippen molar-refractivity contribution in [3.63, 3.8) is 0 Å². The van der Waals surface area contributed by atoms with Gasteiger partial charge >= 0.3 is 18.5 Å². The van der Waals surface area contributed by atoms with Crippen LogP contribution in [0.4, 0.5) is 69.7 Å². The van der Waals surface area contributed by atoms with E-state index < -0.39 is 99.1 Å². The van der Waals surface area contributed by atoms with Crippen LogP contribution in [0, 0.1) is 17.5 Å². The zero-order valence-corrected chi connectivity index (χ0v) is 63.4. The number of hydrogen-bond donors (Lipinski definition) is 1. The number of nitrogens with one attached hydrogen (secondary N) is 1. The number of anilines is 3. The highest BCUT2D eigenvalue weighted by molar-refractivity contribution is 6.35. The molecule has 1 N–H and O–H groups in total. The van der Waals surface area contributed by atoms with Crippen molar-refractivity contribution in [2.75, 3.05) is 101 Å². The number of ether oxygens (including phenoxy) is 3. The fraction of sp³-hybridized carbons (Fsp3) is 0.343. The van der Waals surface area contributed by atoms with Crippen molar-refractivity contribution in [3.8, 4) is 51.3 Å². The van der Waals surface area contributed by atoms with Gasteiger partial charge in [-0.05, 0) is 75.4 Å². The van der Waals surface area contributed by atoms with Crippen LogP contribution in [0.2, 0.25) is 30.1 Å². The first-order valence-corrected chi connectivity index (χ1v) is 35.4. The van der Waals surface area contributed by atoms with Crippen LogP contribution in [0.3, 0.4) is 0 Å². The molecule has 584 valence electrons. The summed E-state index contributed by atoms with van der Waals surface area (Å²) in [6.45, 7) is 7.50. The fourth-order valence-corrected chi connectivity index (χ4v) is 14.1. The Bertz CT molecular complexity index is 4680. The summed E-state index contributed by atoms with van der Waals surface area (Å²) in [5.41, 5.74) is -1.79. The van der Waals surface area contributed by atoms with E-state index in [1.807, 2.05) is 16.9 Å². The van der Waals surface area contributed by atoms with Crippen LogP contribution in [-0.2, 0) is 46.0 Å². The lowest BCUT2D eigenvalue weighted by Crippen LogP contribution is -2.55. The van der Waals surface area contributed by atoms with Crippen LogP contribution in [0.1, 0.15) is 37.9 Å². The Morgan fingerprint density at radius 2 is 0.908 bits per heavy atom. The molecule has 3 aromatic carbocycles. The summed E-state index contributed by atoms with van der Waals surface area (Å²) in [5.74, 6) is -1.51. The molecule has 3 aliphatic rings. The first-order chi connectivity index (χ1) is 51.5. The van der Waals surface area contributed by atoms with Crippen LogP contribution < -0.4 is 28.9 Å². The number of carbonyl (C=O) groups is 3. The maximum absolute atomic E-state index is 14.6. The van der Waals surface area contributed by atoms with Crippen LogP contribution in [0.25, 0.3) is 34.0 Å². The van der Waals surface area contributed by atoms with Gasteiger partial charge in [0.05, 0.1) is 75.6 Å². The van der Waals surface area contributed by atoms with E-state index in [1.165, 1.54) is 86.2 Å². The van der Waals surface area contributed by atoms with Crippen molar-refractivity contribution in [2.45, 2.75) is 70.5 Å². The van der Waals surface area contributed by atoms with Gasteiger partial charge in [0, 0.05) is 126 Å². The van der Waals surface area contributed by atoms with Gasteiger partial charge in [-0.3, -0.25) is 39.1 Å². The first-order valence-electron chi connectivity index (χ1n) is 32.6. The van der Waals surface area contributed by atoms with Gasteiger partial charge in [-0.25, -0.2) is 13.2 Å². The predicted molar refractivity (Wildman–Crippen MR) is 390 cm³/mol. The highest BCUT2D eigenvalue weighted by atomic mass is 35.5. The smallest absolute Gasteiger partial charge is 0.436 e. The van der Waals surface area contributed by atoms with Gasteiger partial charge in [0.15, 0.2) is 11.4 Å². The molecule has 3 aliphatic heterocycles. The lowest BCUT2D eigenvalue weighted by molar-refractivity contribution is -0.145. The zero-order valence-electron chi connectivity index (χ0n) is 58.1. The minimum Gasteiger partial charge on any atom is -0.495 e. The number of methoxy groups -OCH3 is 3. The molecule has 6 aromatic heterocycles. The molecular weight excluding hydrogens is 1610 g/mol. The Hall–Kier alpha value is -8.79. The van der Waals surface area contributed by atoms with Gasteiger partial charge in [-0.2, -0.15) is 49.7 Å². The number of aromatic amines is 1. The van der Waals surface area contributed by atoms with Crippen LogP contribution in [0.5, 0.6) is 17.2 Å². The molecule has 0 saturated carbocycles. The fourth-order valence-electron chi connectivity index (χ4n) is 12.2. The predicted octanol–water partition coefficient (Wildman–Crippen LogP) is 16.8. The SMILES string of the molecule is COc1cc(N2CCN(C(=O)CCl)[C@@H](C)C2)c(F)cc1Cl.COc1cc(N2CCN(C(=O)Cn3cc(-c4ccccn4)c(Cl)c3C(F)(F)F)[C@@H](C)C2)c(F)cc1Cl.COc1cc(N2CCN(C(=O)Cn3nc(C(F)(F)F)c(Cl)c3-c3ccccn3)[C@@H](C)C2)c(F)cc1Cl.FC(F)(F)c1[nH]nc(-c2ccccn2)c1Cl. The van der Waals surface area contributed by atoms with Crippen molar-refractivity contribution in [1.29, 1.82) is 0 Å². The minimum atomic E-state index is -4.81. The largest absolute Gasteiger partial charge is 0.495 e. The summed E-state index contributed by atoms with van der Waals surface area (Å²) in [7, 11) is 4.33. The second-order valence-corrected chi connectivity index (χ2v) is 27.1. The number of pyridine rings is 3. The third kappa shape index (κ3) is 19.9. The number of aromatic nitrogens is 8. The van der Waals surface area contributed by atoms with Crippen molar-refractivity contribution in [2.24, 2.45) is 0 Å². The van der Waals surface area contributed by atoms with Crippen molar-refractivity contribution < 1.29 is 81.3 Å². The number of H-pyrrole nitrogens is 1. The molecule has 0 aliphatic carbocycles. The third-order valence-corrected chi connectivity index (χ3v) is 19.7. The quantitative estimate of drug-likeness (QED) is 0.0799. The zero-order chi connectivity index (χ0) is 79.7. The number of nitrogens with zero attached hydrogens (tertiary/aromatic N) is 13. The number of halogens is 19. The normalized spacial score (nSPS) is 16.2. The van der Waals surface area contributed by atoms with Gasteiger partial charge in [-0.1, -0.05) is 87.8 Å². The molecule has 9 heterocycles. The van der Waals surface area contributed by atoms with Crippen LogP contribution >= 0.6 is 81.2 Å². The Balaban J connectivity index is 0.000000176. The van der Waals surface area contributed by atoms with Crippen LogP contribution in [0.15, 0.2) is 116 Å². The summed E-state index contributed by atoms with van der Waals surface area (Å²) >= 11 is 41.2. The van der Waals surface area contributed by atoms with E-state index in [-0.39, 0.29) is 111 Å². The van der Waals surface area contributed by atoms with Crippen molar-refractivity contribution in [1.82, 2.24) is 54.2 Å². The first kappa shape index (κ1) is 84.2. The van der Waals surface area contributed by atoms with Gasteiger partial charge in [0.25, 0.3) is 0 Å². The van der Waals surface area contributed by atoms with E-state index in [0.717, 1.165) is 21.4 Å². The van der Waals surface area contributed by atoms with Crippen molar-refractivity contribution in [3.05, 3.63) is 180 Å².